The molecule has 0 aliphatic heterocycles. The van der Waals surface area contributed by atoms with Gasteiger partial charge < -0.3 is 9.84 Å². The van der Waals surface area contributed by atoms with Crippen molar-refractivity contribution in [3.05, 3.63) is 33.9 Å². The highest BCUT2D eigenvalue weighted by Gasteiger charge is 2.14. The van der Waals surface area contributed by atoms with E-state index in [0.29, 0.717) is 26.7 Å². The summed E-state index contributed by atoms with van der Waals surface area (Å²) >= 11 is 11.9. The van der Waals surface area contributed by atoms with Gasteiger partial charge in [-0.3, -0.25) is 4.98 Å². The predicted octanol–water partition coefficient (Wildman–Crippen LogP) is 3.25. The average molecular weight is 272 g/mol. The predicted molar refractivity (Wildman–Crippen MR) is 65.3 cm³/mol. The van der Waals surface area contributed by atoms with Crippen LogP contribution in [0.2, 0.25) is 10.0 Å². The van der Waals surface area contributed by atoms with Gasteiger partial charge in [-0.05, 0) is 12.1 Å². The van der Waals surface area contributed by atoms with Gasteiger partial charge in [-0.1, -0.05) is 23.2 Å². The first-order valence-electron chi connectivity index (χ1n) is 4.59. The molecule has 17 heavy (non-hydrogen) atoms. The second-order valence-corrected chi connectivity index (χ2v) is 4.11. The zero-order chi connectivity index (χ0) is 12.6. The number of rotatable bonds is 2. The van der Waals surface area contributed by atoms with Crippen LogP contribution in [0.4, 0.5) is 0 Å². The van der Waals surface area contributed by atoms with E-state index in [0.717, 1.165) is 0 Å². The molecule has 0 unspecified atom stereocenters. The van der Waals surface area contributed by atoms with E-state index in [1.165, 1.54) is 25.4 Å². The fraction of sp³-hybridized carbons (Fsp3) is 0.0909. The van der Waals surface area contributed by atoms with Crippen LogP contribution in [0.5, 0.6) is 5.75 Å². The SMILES string of the molecule is COc1c(Cl)cc(Cl)c2cc(C(=O)O)cnc12. The zero-order valence-electron chi connectivity index (χ0n) is 8.70. The summed E-state index contributed by atoms with van der Waals surface area (Å²) in [6.07, 6.45) is 1.24. The number of fused-ring (bicyclic) bond motifs is 1. The first-order valence-corrected chi connectivity index (χ1v) is 5.35. The smallest absolute Gasteiger partial charge is 0.337 e. The molecule has 88 valence electrons. The van der Waals surface area contributed by atoms with Gasteiger partial charge in [0.1, 0.15) is 5.52 Å². The van der Waals surface area contributed by atoms with Crippen LogP contribution in [-0.2, 0) is 0 Å². The molecule has 1 aromatic carbocycles. The molecule has 0 aliphatic carbocycles. The van der Waals surface area contributed by atoms with Crippen molar-refractivity contribution in [2.45, 2.75) is 0 Å². The Balaban J connectivity index is 2.83. The number of carbonyl (C=O) groups is 1. The van der Waals surface area contributed by atoms with E-state index in [-0.39, 0.29) is 5.56 Å². The molecular formula is C11H7Cl2NO3. The fourth-order valence-electron chi connectivity index (χ4n) is 1.51. The third-order valence-electron chi connectivity index (χ3n) is 2.28. The van der Waals surface area contributed by atoms with Gasteiger partial charge in [-0.2, -0.15) is 0 Å². The molecule has 0 saturated heterocycles. The molecule has 0 fully saturated rings. The molecule has 0 bridgehead atoms. The number of hydrogen-bond acceptors (Lipinski definition) is 3. The van der Waals surface area contributed by atoms with Crippen LogP contribution in [0.1, 0.15) is 10.4 Å². The molecule has 0 radical (unpaired) electrons. The van der Waals surface area contributed by atoms with Gasteiger partial charge in [0.2, 0.25) is 0 Å². The number of carboxylic acids is 1. The van der Waals surface area contributed by atoms with Crippen LogP contribution in [0.15, 0.2) is 18.3 Å². The van der Waals surface area contributed by atoms with Crippen LogP contribution in [0.25, 0.3) is 10.9 Å². The van der Waals surface area contributed by atoms with Gasteiger partial charge in [0.05, 0.1) is 22.7 Å². The van der Waals surface area contributed by atoms with E-state index in [1.807, 2.05) is 0 Å². The fourth-order valence-corrected chi connectivity index (χ4v) is 2.09. The number of hydrogen-bond donors (Lipinski definition) is 1. The first-order chi connectivity index (χ1) is 8.04. The maximum atomic E-state index is 10.8. The van der Waals surface area contributed by atoms with Gasteiger partial charge in [0.15, 0.2) is 5.75 Å². The summed E-state index contributed by atoms with van der Waals surface area (Å²) in [6, 6.07) is 2.93. The Morgan fingerprint density at radius 2 is 2.06 bits per heavy atom. The van der Waals surface area contributed by atoms with Crippen LogP contribution >= 0.6 is 23.2 Å². The lowest BCUT2D eigenvalue weighted by atomic mass is 10.1. The van der Waals surface area contributed by atoms with Gasteiger partial charge >= 0.3 is 5.97 Å². The molecule has 2 aromatic rings. The third kappa shape index (κ3) is 2.01. The number of nitrogens with zero attached hydrogens (tertiary/aromatic N) is 1. The van der Waals surface area contributed by atoms with Crippen molar-refractivity contribution >= 4 is 40.1 Å². The highest BCUT2D eigenvalue weighted by molar-refractivity contribution is 6.39. The van der Waals surface area contributed by atoms with Crippen LogP contribution in [0, 0.1) is 0 Å². The number of ether oxygens (including phenoxy) is 1. The molecule has 1 aromatic heterocycles. The lowest BCUT2D eigenvalue weighted by Gasteiger charge is -2.08. The second-order valence-electron chi connectivity index (χ2n) is 3.30. The molecule has 6 heteroatoms. The Morgan fingerprint density at radius 1 is 1.35 bits per heavy atom. The lowest BCUT2D eigenvalue weighted by Crippen LogP contribution is -1.98. The van der Waals surface area contributed by atoms with E-state index in [2.05, 4.69) is 4.98 Å². The minimum Gasteiger partial charge on any atom is -0.493 e. The summed E-state index contributed by atoms with van der Waals surface area (Å²) in [4.78, 5) is 14.9. The summed E-state index contributed by atoms with van der Waals surface area (Å²) < 4.78 is 5.11. The minimum atomic E-state index is -1.07. The molecule has 1 heterocycles. The van der Waals surface area contributed by atoms with Gasteiger partial charge in [0, 0.05) is 11.6 Å². The molecule has 2 rings (SSSR count). The Morgan fingerprint density at radius 3 is 2.65 bits per heavy atom. The molecule has 4 nitrogen and oxygen atoms in total. The Labute approximate surface area is 107 Å². The molecular weight excluding hydrogens is 265 g/mol. The Hall–Kier alpha value is -1.52. The summed E-state index contributed by atoms with van der Waals surface area (Å²) in [5.41, 5.74) is 0.499. The average Bonchev–Trinajstić information content (AvgIpc) is 2.29. The summed E-state index contributed by atoms with van der Waals surface area (Å²) in [6.45, 7) is 0. The lowest BCUT2D eigenvalue weighted by molar-refractivity contribution is 0.0696. The van der Waals surface area contributed by atoms with Crippen LogP contribution in [-0.4, -0.2) is 23.2 Å². The summed E-state index contributed by atoms with van der Waals surface area (Å²) in [5, 5.41) is 10.0. The normalized spacial score (nSPS) is 10.5. The number of methoxy groups -OCH3 is 1. The number of halogens is 2. The van der Waals surface area contributed by atoms with E-state index in [4.69, 9.17) is 33.0 Å². The minimum absolute atomic E-state index is 0.0591. The summed E-state index contributed by atoms with van der Waals surface area (Å²) in [5.74, 6) is -0.688. The number of carboxylic acid groups (broad SMARTS) is 1. The third-order valence-corrected chi connectivity index (χ3v) is 2.87. The van der Waals surface area contributed by atoms with Gasteiger partial charge in [-0.25, -0.2) is 4.79 Å². The number of aromatic carboxylic acids is 1. The van der Waals surface area contributed by atoms with Crippen molar-refractivity contribution < 1.29 is 14.6 Å². The maximum absolute atomic E-state index is 10.8. The van der Waals surface area contributed by atoms with Crippen molar-refractivity contribution in [2.24, 2.45) is 0 Å². The van der Waals surface area contributed by atoms with Crippen molar-refractivity contribution in [2.75, 3.05) is 7.11 Å². The zero-order valence-corrected chi connectivity index (χ0v) is 10.2. The summed E-state index contributed by atoms with van der Waals surface area (Å²) in [7, 11) is 1.46. The van der Waals surface area contributed by atoms with Crippen LogP contribution < -0.4 is 4.74 Å². The first kappa shape index (κ1) is 12.0. The number of aromatic nitrogens is 1. The highest BCUT2D eigenvalue weighted by Crippen LogP contribution is 2.36. The van der Waals surface area contributed by atoms with Crippen molar-refractivity contribution in [1.29, 1.82) is 0 Å². The van der Waals surface area contributed by atoms with E-state index in [9.17, 15) is 4.79 Å². The van der Waals surface area contributed by atoms with Crippen molar-refractivity contribution in [1.82, 2.24) is 4.98 Å². The van der Waals surface area contributed by atoms with Gasteiger partial charge in [-0.15, -0.1) is 0 Å². The van der Waals surface area contributed by atoms with Crippen molar-refractivity contribution in [3.63, 3.8) is 0 Å². The Kier molecular flexibility index (Phi) is 3.09. The molecule has 0 spiro atoms. The van der Waals surface area contributed by atoms with Gasteiger partial charge in [0.25, 0.3) is 0 Å². The molecule has 1 N–H and O–H groups in total. The molecule has 0 saturated carbocycles. The quantitative estimate of drug-likeness (QED) is 0.911. The molecule has 0 aliphatic rings. The highest BCUT2D eigenvalue weighted by atomic mass is 35.5. The number of pyridine rings is 1. The monoisotopic (exact) mass is 271 g/mol. The molecule has 0 amide bonds. The van der Waals surface area contributed by atoms with E-state index >= 15 is 0 Å². The second kappa shape index (κ2) is 4.39. The molecule has 0 atom stereocenters. The topological polar surface area (TPSA) is 59.4 Å². The van der Waals surface area contributed by atoms with Crippen molar-refractivity contribution in [3.8, 4) is 5.75 Å². The number of benzene rings is 1. The largest absolute Gasteiger partial charge is 0.493 e. The van der Waals surface area contributed by atoms with E-state index < -0.39 is 5.97 Å². The maximum Gasteiger partial charge on any atom is 0.337 e. The van der Waals surface area contributed by atoms with Crippen LogP contribution in [0.3, 0.4) is 0 Å². The van der Waals surface area contributed by atoms with E-state index in [1.54, 1.807) is 0 Å². The standard InChI is InChI=1S/C11H7Cl2NO3/c1-17-10-8(13)3-7(12)6-2-5(11(15)16)4-14-9(6)10/h2-4H,1H3,(H,15,16). The Bertz CT molecular complexity index is 613.